The molecule has 1 aliphatic carbocycles. The first-order chi connectivity index (χ1) is 20.8. The molecular formula is C38H37NO4. The van der Waals surface area contributed by atoms with E-state index in [2.05, 4.69) is 123 Å². The molecule has 0 amide bonds. The number of anilines is 2. The van der Waals surface area contributed by atoms with Gasteiger partial charge in [-0.25, -0.2) is 9.59 Å². The first-order valence-corrected chi connectivity index (χ1v) is 14.6. The van der Waals surface area contributed by atoms with Gasteiger partial charge in [0, 0.05) is 48.3 Å². The standard InChI is InChI=1S/C38H37NO4/c1-5-36(40)42-23-21-27-11-13-29(14-12-27)26-39(30-17-15-28(16-18-30)22-24-43-37(41)6-2)31-19-20-33-32-9-7-8-10-34(32)38(3,4)35(33)25-31/h5-20,25H,1-2,21-24,26H2,3-4H3. The van der Waals surface area contributed by atoms with Crippen molar-refractivity contribution in [3.63, 3.8) is 0 Å². The number of carbonyl (C=O) groups excluding carboxylic acids is 2. The van der Waals surface area contributed by atoms with Crippen molar-refractivity contribution in [2.24, 2.45) is 0 Å². The van der Waals surface area contributed by atoms with Gasteiger partial charge in [0.2, 0.25) is 0 Å². The largest absolute Gasteiger partial charge is 0.462 e. The van der Waals surface area contributed by atoms with E-state index in [1.54, 1.807) is 0 Å². The Kier molecular flexibility index (Phi) is 8.91. The van der Waals surface area contributed by atoms with Crippen LogP contribution in [-0.4, -0.2) is 25.2 Å². The number of rotatable bonds is 12. The number of fused-ring (bicyclic) bond motifs is 3. The Bertz CT molecular complexity index is 1630. The zero-order valence-corrected chi connectivity index (χ0v) is 24.8. The van der Waals surface area contributed by atoms with Crippen molar-refractivity contribution in [1.82, 2.24) is 0 Å². The molecule has 0 unspecified atom stereocenters. The number of hydrogen-bond acceptors (Lipinski definition) is 5. The summed E-state index contributed by atoms with van der Waals surface area (Å²) < 4.78 is 10.3. The number of esters is 2. The normalized spacial score (nSPS) is 12.5. The van der Waals surface area contributed by atoms with Gasteiger partial charge >= 0.3 is 11.9 Å². The first kappa shape index (κ1) is 29.6. The lowest BCUT2D eigenvalue weighted by Gasteiger charge is -2.28. The molecule has 218 valence electrons. The van der Waals surface area contributed by atoms with E-state index in [1.807, 2.05) is 0 Å². The van der Waals surface area contributed by atoms with Gasteiger partial charge < -0.3 is 14.4 Å². The maximum atomic E-state index is 11.4. The summed E-state index contributed by atoms with van der Waals surface area (Å²) in [6, 6.07) is 32.3. The van der Waals surface area contributed by atoms with Crippen LogP contribution in [0.2, 0.25) is 0 Å². The van der Waals surface area contributed by atoms with E-state index >= 15 is 0 Å². The number of benzene rings is 4. The predicted molar refractivity (Wildman–Crippen MR) is 172 cm³/mol. The summed E-state index contributed by atoms with van der Waals surface area (Å²) >= 11 is 0. The third-order valence-corrected chi connectivity index (χ3v) is 8.09. The molecule has 0 spiro atoms. The minimum absolute atomic E-state index is 0.100. The second-order valence-corrected chi connectivity index (χ2v) is 11.2. The Balaban J connectivity index is 1.42. The summed E-state index contributed by atoms with van der Waals surface area (Å²) in [6.45, 7) is 12.8. The van der Waals surface area contributed by atoms with Crippen LogP contribution in [0.3, 0.4) is 0 Å². The summed E-state index contributed by atoms with van der Waals surface area (Å²) in [4.78, 5) is 25.1. The summed E-state index contributed by atoms with van der Waals surface area (Å²) in [6.07, 6.45) is 3.64. The highest BCUT2D eigenvalue weighted by molar-refractivity contribution is 5.83. The van der Waals surface area contributed by atoms with Crippen molar-refractivity contribution < 1.29 is 19.1 Å². The Morgan fingerprint density at radius 3 is 1.79 bits per heavy atom. The van der Waals surface area contributed by atoms with Crippen LogP contribution < -0.4 is 4.90 Å². The second-order valence-electron chi connectivity index (χ2n) is 11.2. The molecule has 5 nitrogen and oxygen atoms in total. The van der Waals surface area contributed by atoms with Crippen LogP contribution >= 0.6 is 0 Å². The van der Waals surface area contributed by atoms with E-state index in [1.165, 1.54) is 34.4 Å². The summed E-state index contributed by atoms with van der Waals surface area (Å²) in [5, 5.41) is 0. The van der Waals surface area contributed by atoms with Crippen molar-refractivity contribution in [2.75, 3.05) is 18.1 Å². The van der Waals surface area contributed by atoms with Crippen LogP contribution in [0.25, 0.3) is 11.1 Å². The third-order valence-electron chi connectivity index (χ3n) is 8.09. The minimum atomic E-state index is -0.409. The number of carbonyl (C=O) groups is 2. The Hall–Kier alpha value is -4.90. The lowest BCUT2D eigenvalue weighted by atomic mass is 9.82. The van der Waals surface area contributed by atoms with E-state index in [4.69, 9.17) is 9.47 Å². The maximum absolute atomic E-state index is 11.4. The van der Waals surface area contributed by atoms with Crippen LogP contribution in [0.15, 0.2) is 116 Å². The highest BCUT2D eigenvalue weighted by Gasteiger charge is 2.35. The maximum Gasteiger partial charge on any atom is 0.330 e. The molecule has 0 fully saturated rings. The smallest absolute Gasteiger partial charge is 0.330 e. The quantitative estimate of drug-likeness (QED) is 0.128. The molecule has 1 aliphatic rings. The van der Waals surface area contributed by atoms with Gasteiger partial charge in [-0.1, -0.05) is 93.7 Å². The SMILES string of the molecule is C=CC(=O)OCCc1ccc(CN(c2ccc(CCOC(=O)C=C)cc2)c2ccc3c(c2)C(C)(C)c2ccccc2-3)cc1. The molecule has 0 heterocycles. The van der Waals surface area contributed by atoms with Gasteiger partial charge in [-0.15, -0.1) is 0 Å². The van der Waals surface area contributed by atoms with Crippen LogP contribution in [0.4, 0.5) is 11.4 Å². The van der Waals surface area contributed by atoms with Crippen molar-refractivity contribution in [2.45, 2.75) is 38.6 Å². The molecule has 0 atom stereocenters. The molecule has 5 heteroatoms. The van der Waals surface area contributed by atoms with Crippen LogP contribution in [0, 0.1) is 0 Å². The van der Waals surface area contributed by atoms with Crippen LogP contribution in [-0.2, 0) is 43.9 Å². The predicted octanol–water partition coefficient (Wildman–Crippen LogP) is 7.87. The van der Waals surface area contributed by atoms with Crippen LogP contribution in [0.1, 0.15) is 41.7 Å². The fourth-order valence-electron chi connectivity index (χ4n) is 5.69. The monoisotopic (exact) mass is 571 g/mol. The van der Waals surface area contributed by atoms with Gasteiger partial charge in [-0.2, -0.15) is 0 Å². The van der Waals surface area contributed by atoms with E-state index in [0.717, 1.165) is 28.1 Å². The molecule has 0 bridgehead atoms. The molecule has 4 aromatic rings. The molecule has 0 saturated carbocycles. The van der Waals surface area contributed by atoms with E-state index < -0.39 is 11.9 Å². The van der Waals surface area contributed by atoms with Gasteiger partial charge in [0.1, 0.15) is 0 Å². The second kappa shape index (κ2) is 13.0. The molecule has 0 saturated heterocycles. The van der Waals surface area contributed by atoms with E-state index in [-0.39, 0.29) is 5.41 Å². The molecule has 0 radical (unpaired) electrons. The van der Waals surface area contributed by atoms with Gasteiger partial charge in [0.25, 0.3) is 0 Å². The van der Waals surface area contributed by atoms with E-state index in [0.29, 0.717) is 32.6 Å². The molecule has 43 heavy (non-hydrogen) atoms. The molecule has 0 aliphatic heterocycles. The first-order valence-electron chi connectivity index (χ1n) is 14.6. The van der Waals surface area contributed by atoms with Crippen molar-refractivity contribution in [3.8, 4) is 11.1 Å². The number of nitrogens with zero attached hydrogens (tertiary/aromatic N) is 1. The van der Waals surface area contributed by atoms with Gasteiger partial charge in [-0.05, 0) is 63.2 Å². The summed E-state index contributed by atoms with van der Waals surface area (Å²) in [7, 11) is 0. The highest BCUT2D eigenvalue weighted by Crippen LogP contribution is 2.50. The molecule has 5 rings (SSSR count). The zero-order chi connectivity index (χ0) is 30.4. The number of ether oxygens (including phenoxy) is 2. The molecular weight excluding hydrogens is 534 g/mol. The zero-order valence-electron chi connectivity index (χ0n) is 24.8. The van der Waals surface area contributed by atoms with Gasteiger partial charge in [0.05, 0.1) is 13.2 Å². The topological polar surface area (TPSA) is 55.8 Å². The average molecular weight is 572 g/mol. The molecule has 0 N–H and O–H groups in total. The van der Waals surface area contributed by atoms with Crippen LogP contribution in [0.5, 0.6) is 0 Å². The van der Waals surface area contributed by atoms with Crippen molar-refractivity contribution in [1.29, 1.82) is 0 Å². The highest BCUT2D eigenvalue weighted by atomic mass is 16.5. The molecule has 0 aromatic heterocycles. The number of hydrogen-bond donors (Lipinski definition) is 0. The lowest BCUT2D eigenvalue weighted by Crippen LogP contribution is -2.19. The Labute approximate surface area is 254 Å². The van der Waals surface area contributed by atoms with Crippen molar-refractivity contribution >= 4 is 23.3 Å². The fraction of sp³-hybridized carbons (Fsp3) is 0.211. The Morgan fingerprint density at radius 2 is 1.19 bits per heavy atom. The minimum Gasteiger partial charge on any atom is -0.462 e. The summed E-state index contributed by atoms with van der Waals surface area (Å²) in [5.74, 6) is -0.815. The van der Waals surface area contributed by atoms with Gasteiger partial charge in [-0.3, -0.25) is 0 Å². The lowest BCUT2D eigenvalue weighted by molar-refractivity contribution is -0.138. The summed E-state index contributed by atoms with van der Waals surface area (Å²) in [5.41, 5.74) is 10.7. The fourth-order valence-corrected chi connectivity index (χ4v) is 5.69. The molecule has 4 aromatic carbocycles. The van der Waals surface area contributed by atoms with Gasteiger partial charge in [0.15, 0.2) is 0 Å². The third kappa shape index (κ3) is 6.62. The van der Waals surface area contributed by atoms with E-state index in [9.17, 15) is 9.59 Å². The average Bonchev–Trinajstić information content (AvgIpc) is 3.26. The Morgan fingerprint density at radius 1 is 0.674 bits per heavy atom. The van der Waals surface area contributed by atoms with Crippen molar-refractivity contribution in [3.05, 3.63) is 144 Å².